The molecule has 1 atom stereocenters. The number of hydrogen-bond donors (Lipinski definition) is 1. The lowest BCUT2D eigenvalue weighted by molar-refractivity contribution is -0.148. The van der Waals surface area contributed by atoms with E-state index in [0.29, 0.717) is 13.0 Å². The largest absolute Gasteiger partial charge is 0.496 e. The molecule has 1 saturated heterocycles. The molecule has 0 aromatic heterocycles. The number of aryl methyl sites for hydroxylation is 1. The van der Waals surface area contributed by atoms with Crippen molar-refractivity contribution in [2.24, 2.45) is 0 Å². The number of rotatable bonds is 4. The Bertz CT molecular complexity index is 486. The first-order chi connectivity index (χ1) is 8.97. The quantitative estimate of drug-likeness (QED) is 0.906. The summed E-state index contributed by atoms with van der Waals surface area (Å²) in [6, 6.07) is 6.01. The van der Waals surface area contributed by atoms with Crippen LogP contribution < -0.4 is 4.74 Å². The van der Waals surface area contributed by atoms with Gasteiger partial charge in [-0.25, -0.2) is 0 Å². The number of methoxy groups -OCH3 is 1. The van der Waals surface area contributed by atoms with Crippen LogP contribution in [0.25, 0.3) is 0 Å². The number of carboxylic acids is 1. The molecule has 0 spiro atoms. The number of nitrogens with zero attached hydrogens (tertiary/aromatic N) is 1. The molecular formula is C15H21NO3. The van der Waals surface area contributed by atoms with Crippen LogP contribution in [0.15, 0.2) is 18.2 Å². The Kier molecular flexibility index (Phi) is 3.80. The van der Waals surface area contributed by atoms with Crippen LogP contribution in [0, 0.1) is 6.92 Å². The Morgan fingerprint density at radius 1 is 1.53 bits per heavy atom. The molecule has 104 valence electrons. The Hall–Kier alpha value is -1.55. The molecule has 1 heterocycles. The highest BCUT2D eigenvalue weighted by Crippen LogP contribution is 2.32. The third kappa shape index (κ3) is 2.59. The zero-order valence-electron chi connectivity index (χ0n) is 11.8. The van der Waals surface area contributed by atoms with Crippen LogP contribution in [0.5, 0.6) is 5.75 Å². The fraction of sp³-hybridized carbons (Fsp3) is 0.533. The molecule has 0 saturated carbocycles. The maximum Gasteiger partial charge on any atom is 0.323 e. The topological polar surface area (TPSA) is 49.8 Å². The standard InChI is InChI=1S/C15H21NO3/c1-11-5-6-13(19-3)12(9-11)10-16-8-4-7-15(16,2)14(17)18/h5-6,9H,4,7-8,10H2,1-3H3,(H,17,18). The first-order valence-electron chi connectivity index (χ1n) is 6.59. The average Bonchev–Trinajstić information content (AvgIpc) is 2.73. The van der Waals surface area contributed by atoms with Crippen LogP contribution in [0.3, 0.4) is 0 Å². The first kappa shape index (κ1) is 13.9. The summed E-state index contributed by atoms with van der Waals surface area (Å²) in [5.41, 5.74) is 1.46. The van der Waals surface area contributed by atoms with Gasteiger partial charge in [-0.3, -0.25) is 9.69 Å². The van der Waals surface area contributed by atoms with Gasteiger partial charge in [0.2, 0.25) is 0 Å². The minimum absolute atomic E-state index is 0.619. The van der Waals surface area contributed by atoms with E-state index in [9.17, 15) is 9.90 Å². The zero-order valence-corrected chi connectivity index (χ0v) is 11.8. The van der Waals surface area contributed by atoms with Gasteiger partial charge in [0, 0.05) is 12.1 Å². The van der Waals surface area contributed by atoms with Crippen molar-refractivity contribution in [3.05, 3.63) is 29.3 Å². The second-order valence-electron chi connectivity index (χ2n) is 5.42. The fourth-order valence-electron chi connectivity index (χ4n) is 2.75. The van der Waals surface area contributed by atoms with Crippen molar-refractivity contribution in [1.29, 1.82) is 0 Å². The van der Waals surface area contributed by atoms with Crippen molar-refractivity contribution in [1.82, 2.24) is 4.90 Å². The van der Waals surface area contributed by atoms with Crippen molar-refractivity contribution >= 4 is 5.97 Å². The van der Waals surface area contributed by atoms with E-state index in [1.165, 1.54) is 0 Å². The van der Waals surface area contributed by atoms with Crippen molar-refractivity contribution in [2.45, 2.75) is 38.8 Å². The summed E-state index contributed by atoms with van der Waals surface area (Å²) in [5, 5.41) is 9.43. The minimum atomic E-state index is -0.755. The number of likely N-dealkylation sites (tertiary alicyclic amines) is 1. The number of aliphatic carboxylic acids is 1. The summed E-state index contributed by atoms with van der Waals surface area (Å²) >= 11 is 0. The average molecular weight is 263 g/mol. The Balaban J connectivity index is 2.26. The molecule has 0 bridgehead atoms. The van der Waals surface area contributed by atoms with E-state index >= 15 is 0 Å². The maximum absolute atomic E-state index is 11.5. The lowest BCUT2D eigenvalue weighted by atomic mass is 9.98. The molecule has 19 heavy (non-hydrogen) atoms. The van der Waals surface area contributed by atoms with Crippen LogP contribution >= 0.6 is 0 Å². The van der Waals surface area contributed by atoms with E-state index in [2.05, 4.69) is 6.07 Å². The molecule has 1 N–H and O–H groups in total. The van der Waals surface area contributed by atoms with E-state index in [4.69, 9.17) is 4.74 Å². The number of ether oxygens (including phenoxy) is 1. The van der Waals surface area contributed by atoms with Gasteiger partial charge in [0.1, 0.15) is 11.3 Å². The molecule has 2 rings (SSSR count). The molecule has 0 aliphatic carbocycles. The molecule has 4 nitrogen and oxygen atoms in total. The fourth-order valence-corrected chi connectivity index (χ4v) is 2.75. The predicted molar refractivity (Wildman–Crippen MR) is 73.4 cm³/mol. The van der Waals surface area contributed by atoms with Gasteiger partial charge in [0.25, 0.3) is 0 Å². The highest BCUT2D eigenvalue weighted by atomic mass is 16.5. The predicted octanol–water partition coefficient (Wildman–Crippen LogP) is 2.44. The molecule has 1 aromatic carbocycles. The second-order valence-corrected chi connectivity index (χ2v) is 5.42. The van der Waals surface area contributed by atoms with E-state index in [0.717, 1.165) is 29.8 Å². The van der Waals surface area contributed by atoms with Crippen LogP contribution in [0.1, 0.15) is 30.9 Å². The number of carboxylic acid groups (broad SMARTS) is 1. The van der Waals surface area contributed by atoms with Crippen molar-refractivity contribution in [3.8, 4) is 5.75 Å². The maximum atomic E-state index is 11.5. The smallest absolute Gasteiger partial charge is 0.323 e. The Morgan fingerprint density at radius 2 is 2.26 bits per heavy atom. The van der Waals surface area contributed by atoms with Crippen molar-refractivity contribution in [2.75, 3.05) is 13.7 Å². The van der Waals surface area contributed by atoms with Gasteiger partial charge < -0.3 is 9.84 Å². The normalized spacial score (nSPS) is 23.5. The van der Waals surface area contributed by atoms with E-state index < -0.39 is 11.5 Å². The third-order valence-corrected chi connectivity index (χ3v) is 4.05. The van der Waals surface area contributed by atoms with E-state index in [-0.39, 0.29) is 0 Å². The molecule has 0 amide bonds. The summed E-state index contributed by atoms with van der Waals surface area (Å²) in [7, 11) is 1.65. The summed E-state index contributed by atoms with van der Waals surface area (Å²) in [5.74, 6) is 0.0851. The van der Waals surface area contributed by atoms with Crippen LogP contribution in [0.2, 0.25) is 0 Å². The van der Waals surface area contributed by atoms with Crippen molar-refractivity contribution < 1.29 is 14.6 Å². The molecule has 1 aliphatic rings. The third-order valence-electron chi connectivity index (χ3n) is 4.05. The SMILES string of the molecule is COc1ccc(C)cc1CN1CCCC1(C)C(=O)O. The van der Waals surface area contributed by atoms with Crippen LogP contribution in [-0.4, -0.2) is 35.2 Å². The lowest BCUT2D eigenvalue weighted by Crippen LogP contribution is -2.47. The van der Waals surface area contributed by atoms with Gasteiger partial charge in [0.15, 0.2) is 0 Å². The number of carbonyl (C=O) groups is 1. The molecular weight excluding hydrogens is 242 g/mol. The molecule has 1 fully saturated rings. The number of benzene rings is 1. The lowest BCUT2D eigenvalue weighted by Gasteiger charge is -2.31. The monoisotopic (exact) mass is 263 g/mol. The minimum Gasteiger partial charge on any atom is -0.496 e. The molecule has 1 unspecified atom stereocenters. The van der Waals surface area contributed by atoms with Crippen molar-refractivity contribution in [3.63, 3.8) is 0 Å². The summed E-state index contributed by atoms with van der Waals surface area (Å²) in [4.78, 5) is 13.5. The Labute approximate surface area is 114 Å². The highest BCUT2D eigenvalue weighted by molar-refractivity contribution is 5.78. The Morgan fingerprint density at radius 3 is 2.89 bits per heavy atom. The molecule has 0 radical (unpaired) electrons. The molecule has 4 heteroatoms. The van der Waals surface area contributed by atoms with Crippen LogP contribution in [-0.2, 0) is 11.3 Å². The van der Waals surface area contributed by atoms with Gasteiger partial charge in [-0.2, -0.15) is 0 Å². The van der Waals surface area contributed by atoms with E-state index in [1.807, 2.05) is 30.9 Å². The van der Waals surface area contributed by atoms with Gasteiger partial charge in [-0.15, -0.1) is 0 Å². The first-order valence-corrected chi connectivity index (χ1v) is 6.59. The zero-order chi connectivity index (χ0) is 14.0. The highest BCUT2D eigenvalue weighted by Gasteiger charge is 2.43. The molecule has 1 aliphatic heterocycles. The van der Waals surface area contributed by atoms with E-state index in [1.54, 1.807) is 7.11 Å². The second kappa shape index (κ2) is 5.21. The molecule has 1 aromatic rings. The van der Waals surface area contributed by atoms with Gasteiger partial charge in [-0.05, 0) is 39.3 Å². The summed E-state index contributed by atoms with van der Waals surface area (Å²) < 4.78 is 5.37. The van der Waals surface area contributed by atoms with Gasteiger partial charge in [-0.1, -0.05) is 17.7 Å². The van der Waals surface area contributed by atoms with Crippen LogP contribution in [0.4, 0.5) is 0 Å². The number of hydrogen-bond acceptors (Lipinski definition) is 3. The van der Waals surface area contributed by atoms with Gasteiger partial charge in [0.05, 0.1) is 7.11 Å². The summed E-state index contributed by atoms with van der Waals surface area (Å²) in [6.07, 6.45) is 1.63. The van der Waals surface area contributed by atoms with Gasteiger partial charge >= 0.3 is 5.97 Å². The summed E-state index contributed by atoms with van der Waals surface area (Å²) in [6.45, 7) is 5.28.